The van der Waals surface area contributed by atoms with Gasteiger partial charge in [0.15, 0.2) is 0 Å². The summed E-state index contributed by atoms with van der Waals surface area (Å²) in [6.45, 7) is 4.93. The smallest absolute Gasteiger partial charge is 0.230 e. The van der Waals surface area contributed by atoms with Gasteiger partial charge in [0.05, 0.1) is 10.7 Å². The molecule has 0 spiro atoms. The first-order valence-corrected chi connectivity index (χ1v) is 12.7. The topological polar surface area (TPSA) is 26.8 Å². The van der Waals surface area contributed by atoms with Crippen LogP contribution in [0, 0.1) is 5.92 Å². The van der Waals surface area contributed by atoms with Crippen molar-refractivity contribution in [2.45, 2.75) is 51.0 Å². The zero-order chi connectivity index (χ0) is 21.9. The summed E-state index contributed by atoms with van der Waals surface area (Å²) in [5.41, 5.74) is 3.62. The van der Waals surface area contributed by atoms with E-state index in [1.807, 2.05) is 12.1 Å². The first-order valence-electron chi connectivity index (χ1n) is 12.3. The Morgan fingerprint density at radius 1 is 0.844 bits per heavy atom. The molecule has 1 atom stereocenters. The minimum absolute atomic E-state index is 0.203. The number of carbonyl (C=O) groups is 1. The number of aryl methyl sites for hydroxylation is 1. The normalized spacial score (nSPS) is 22.6. The van der Waals surface area contributed by atoms with Crippen LogP contribution in [0.5, 0.6) is 0 Å². The number of rotatable bonds is 4. The highest BCUT2D eigenvalue weighted by Crippen LogP contribution is 2.35. The van der Waals surface area contributed by atoms with Crippen molar-refractivity contribution in [2.24, 2.45) is 5.92 Å². The lowest BCUT2D eigenvalue weighted by atomic mass is 9.86. The number of carbonyl (C=O) groups excluding carboxylic acids is 1. The second kappa shape index (κ2) is 9.84. The number of piperazine rings is 1. The van der Waals surface area contributed by atoms with E-state index in [0.717, 1.165) is 74.8 Å². The lowest BCUT2D eigenvalue weighted by molar-refractivity contribution is -0.124. The summed E-state index contributed by atoms with van der Waals surface area (Å²) in [5.74, 6) is 0.575. The first kappa shape index (κ1) is 21.8. The first-order chi connectivity index (χ1) is 15.7. The zero-order valence-corrected chi connectivity index (χ0v) is 19.6. The molecule has 2 aromatic rings. The van der Waals surface area contributed by atoms with Gasteiger partial charge in [0.25, 0.3) is 0 Å². The molecule has 1 amide bonds. The summed E-state index contributed by atoms with van der Waals surface area (Å²) < 4.78 is 0. The standard InChI is InChI=1S/C27H34ClN3O/c28-24-11-5-7-13-26(24)30-18-16-29(17-19-30)20-23-15-14-21-8-4-6-12-25(21)31(23)27(32)22-9-2-1-3-10-22/h4-8,11-13,22-23H,1-3,9-10,14-20H2. The Kier molecular flexibility index (Phi) is 6.70. The SMILES string of the molecule is O=C(C1CCCCC1)N1c2ccccc2CCC1CN1CCN(c2ccccc2Cl)CC1. The minimum atomic E-state index is 0.203. The number of para-hydroxylation sites is 2. The molecule has 0 N–H and O–H groups in total. The van der Waals surface area contributed by atoms with Crippen LogP contribution < -0.4 is 9.80 Å². The molecule has 5 heteroatoms. The van der Waals surface area contributed by atoms with Gasteiger partial charge < -0.3 is 9.80 Å². The van der Waals surface area contributed by atoms with Crippen molar-refractivity contribution in [1.82, 2.24) is 4.90 Å². The van der Waals surface area contributed by atoms with Gasteiger partial charge in [0.1, 0.15) is 0 Å². The molecule has 2 heterocycles. The van der Waals surface area contributed by atoms with Crippen molar-refractivity contribution >= 4 is 28.9 Å². The summed E-state index contributed by atoms with van der Waals surface area (Å²) in [4.78, 5) is 20.9. The fourth-order valence-corrected chi connectivity index (χ4v) is 6.06. The predicted molar refractivity (Wildman–Crippen MR) is 133 cm³/mol. The molecule has 2 fully saturated rings. The maximum atomic E-state index is 13.7. The van der Waals surface area contributed by atoms with Crippen LogP contribution in [0.25, 0.3) is 0 Å². The Morgan fingerprint density at radius 2 is 1.53 bits per heavy atom. The highest BCUT2D eigenvalue weighted by atomic mass is 35.5. The number of fused-ring (bicyclic) bond motifs is 1. The van der Waals surface area contributed by atoms with Gasteiger partial charge >= 0.3 is 0 Å². The van der Waals surface area contributed by atoms with Gasteiger partial charge in [-0.05, 0) is 49.4 Å². The van der Waals surface area contributed by atoms with Crippen molar-refractivity contribution < 1.29 is 4.79 Å². The van der Waals surface area contributed by atoms with E-state index in [-0.39, 0.29) is 12.0 Å². The van der Waals surface area contributed by atoms with Crippen LogP contribution in [-0.4, -0.2) is 49.6 Å². The average Bonchev–Trinajstić information content (AvgIpc) is 2.85. The molecule has 2 aliphatic heterocycles. The number of anilines is 2. The van der Waals surface area contributed by atoms with Crippen molar-refractivity contribution in [3.05, 3.63) is 59.1 Å². The third-order valence-electron chi connectivity index (χ3n) is 7.59. The van der Waals surface area contributed by atoms with Gasteiger partial charge in [-0.3, -0.25) is 9.69 Å². The fourth-order valence-electron chi connectivity index (χ4n) is 5.80. The van der Waals surface area contributed by atoms with Crippen LogP contribution in [0.4, 0.5) is 11.4 Å². The maximum Gasteiger partial charge on any atom is 0.230 e. The Hall–Kier alpha value is -2.04. The minimum Gasteiger partial charge on any atom is -0.368 e. The largest absolute Gasteiger partial charge is 0.368 e. The van der Waals surface area contributed by atoms with E-state index in [0.29, 0.717) is 5.91 Å². The van der Waals surface area contributed by atoms with E-state index >= 15 is 0 Å². The number of nitrogens with zero attached hydrogens (tertiary/aromatic N) is 3. The highest BCUT2D eigenvalue weighted by molar-refractivity contribution is 6.33. The monoisotopic (exact) mass is 451 g/mol. The third-order valence-corrected chi connectivity index (χ3v) is 7.91. The Labute approximate surface area is 197 Å². The number of benzene rings is 2. The summed E-state index contributed by atoms with van der Waals surface area (Å²) in [5, 5.41) is 0.828. The Balaban J connectivity index is 1.29. The predicted octanol–water partition coefficient (Wildman–Crippen LogP) is 5.39. The zero-order valence-electron chi connectivity index (χ0n) is 18.9. The lowest BCUT2D eigenvalue weighted by Crippen LogP contribution is -2.55. The number of halogens is 1. The van der Waals surface area contributed by atoms with E-state index in [4.69, 9.17) is 11.6 Å². The fraction of sp³-hybridized carbons (Fsp3) is 0.519. The number of hydrogen-bond acceptors (Lipinski definition) is 3. The summed E-state index contributed by atoms with van der Waals surface area (Å²) >= 11 is 6.43. The second-order valence-electron chi connectivity index (χ2n) is 9.60. The van der Waals surface area contributed by atoms with Gasteiger partial charge in [-0.2, -0.15) is 0 Å². The van der Waals surface area contributed by atoms with E-state index in [2.05, 4.69) is 51.1 Å². The molecule has 1 unspecified atom stereocenters. The molecule has 1 saturated heterocycles. The Bertz CT molecular complexity index is 934. The molecule has 0 bridgehead atoms. The molecule has 0 aromatic heterocycles. The van der Waals surface area contributed by atoms with Gasteiger partial charge in [-0.15, -0.1) is 0 Å². The molecule has 1 aliphatic carbocycles. The van der Waals surface area contributed by atoms with Gasteiger partial charge in [0.2, 0.25) is 5.91 Å². The molecule has 2 aromatic carbocycles. The van der Waals surface area contributed by atoms with Crippen molar-refractivity contribution in [3.8, 4) is 0 Å². The Morgan fingerprint density at radius 3 is 2.28 bits per heavy atom. The van der Waals surface area contributed by atoms with Crippen LogP contribution >= 0.6 is 11.6 Å². The lowest BCUT2D eigenvalue weighted by Gasteiger charge is -2.43. The van der Waals surface area contributed by atoms with E-state index in [1.165, 1.54) is 24.8 Å². The molecule has 170 valence electrons. The quantitative estimate of drug-likeness (QED) is 0.623. The van der Waals surface area contributed by atoms with Crippen molar-refractivity contribution in [2.75, 3.05) is 42.5 Å². The van der Waals surface area contributed by atoms with Crippen LogP contribution in [0.2, 0.25) is 5.02 Å². The highest BCUT2D eigenvalue weighted by Gasteiger charge is 2.36. The van der Waals surface area contributed by atoms with Crippen LogP contribution in [0.15, 0.2) is 48.5 Å². The summed E-state index contributed by atoms with van der Waals surface area (Å²) in [6.07, 6.45) is 7.90. The van der Waals surface area contributed by atoms with Gasteiger partial charge in [-0.1, -0.05) is 61.2 Å². The molecule has 32 heavy (non-hydrogen) atoms. The van der Waals surface area contributed by atoms with Gasteiger partial charge in [0, 0.05) is 50.4 Å². The molecule has 3 aliphatic rings. The van der Waals surface area contributed by atoms with Gasteiger partial charge in [-0.25, -0.2) is 0 Å². The van der Waals surface area contributed by atoms with Crippen LogP contribution in [0.3, 0.4) is 0 Å². The average molecular weight is 452 g/mol. The van der Waals surface area contributed by atoms with Crippen LogP contribution in [0.1, 0.15) is 44.1 Å². The number of amides is 1. The molecule has 1 saturated carbocycles. The summed E-state index contributed by atoms with van der Waals surface area (Å²) in [6, 6.07) is 17.0. The van der Waals surface area contributed by atoms with Crippen LogP contribution in [-0.2, 0) is 11.2 Å². The van der Waals surface area contributed by atoms with E-state index in [9.17, 15) is 4.79 Å². The summed E-state index contributed by atoms with van der Waals surface area (Å²) in [7, 11) is 0. The van der Waals surface area contributed by atoms with E-state index < -0.39 is 0 Å². The molecule has 5 rings (SSSR count). The molecule has 0 radical (unpaired) electrons. The molecular weight excluding hydrogens is 418 g/mol. The molecule has 4 nitrogen and oxygen atoms in total. The van der Waals surface area contributed by atoms with Crippen molar-refractivity contribution in [1.29, 1.82) is 0 Å². The number of hydrogen-bond donors (Lipinski definition) is 0. The molecular formula is C27H34ClN3O. The third kappa shape index (κ3) is 4.53. The van der Waals surface area contributed by atoms with E-state index in [1.54, 1.807) is 0 Å². The maximum absolute atomic E-state index is 13.7. The second-order valence-corrected chi connectivity index (χ2v) is 10.0. The van der Waals surface area contributed by atoms with Crippen molar-refractivity contribution in [3.63, 3.8) is 0 Å².